The van der Waals surface area contributed by atoms with Crippen molar-refractivity contribution >= 4 is 62.0 Å². The third-order valence-electron chi connectivity index (χ3n) is 10.2. The van der Waals surface area contributed by atoms with Crippen LogP contribution in [0.25, 0.3) is 22.0 Å². The van der Waals surface area contributed by atoms with Gasteiger partial charge in [-0.2, -0.15) is 0 Å². The number of anilines is 9. The van der Waals surface area contributed by atoms with Crippen LogP contribution in [0.15, 0.2) is 219 Å². The number of hydrogen-bond acceptors (Lipinski definition) is 5. The molecular formula is C51H36N4O. The van der Waals surface area contributed by atoms with E-state index in [2.05, 4.69) is 203 Å². The van der Waals surface area contributed by atoms with Gasteiger partial charge in [0, 0.05) is 69.1 Å². The fraction of sp³-hybridized carbons (Fsp3) is 0. The van der Waals surface area contributed by atoms with Gasteiger partial charge in [0.25, 0.3) is 0 Å². The molecule has 8 aromatic carbocycles. The van der Waals surface area contributed by atoms with Crippen LogP contribution in [0.1, 0.15) is 0 Å². The van der Waals surface area contributed by atoms with Crippen molar-refractivity contribution in [3.8, 4) is 22.8 Å². The highest BCUT2D eigenvalue weighted by Gasteiger charge is 2.29. The van der Waals surface area contributed by atoms with Gasteiger partial charge in [-0.25, -0.2) is 0 Å². The lowest BCUT2D eigenvalue weighted by molar-refractivity contribution is 0.477. The highest BCUT2D eigenvalue weighted by atomic mass is 16.5. The summed E-state index contributed by atoms with van der Waals surface area (Å²) in [7, 11) is 0. The number of pyridine rings is 1. The molecule has 5 nitrogen and oxygen atoms in total. The van der Waals surface area contributed by atoms with Crippen LogP contribution < -0.4 is 19.4 Å². The first kappa shape index (κ1) is 33.0. The predicted molar refractivity (Wildman–Crippen MR) is 231 cm³/mol. The van der Waals surface area contributed by atoms with Crippen LogP contribution in [0.5, 0.6) is 11.5 Å². The highest BCUT2D eigenvalue weighted by Crippen LogP contribution is 2.54. The molecule has 0 saturated carbocycles. The summed E-state index contributed by atoms with van der Waals surface area (Å²) >= 11 is 0. The maximum atomic E-state index is 7.02. The minimum absolute atomic E-state index is 0.753. The predicted octanol–water partition coefficient (Wildman–Crippen LogP) is 14.4. The molecule has 56 heavy (non-hydrogen) atoms. The van der Waals surface area contributed by atoms with Gasteiger partial charge in [0.05, 0.1) is 17.1 Å². The molecule has 2 heterocycles. The van der Waals surface area contributed by atoms with Crippen molar-refractivity contribution in [3.05, 3.63) is 219 Å². The molecule has 0 unspecified atom stereocenters. The lowest BCUT2D eigenvalue weighted by Gasteiger charge is -2.35. The molecule has 0 N–H and O–H groups in total. The number of rotatable bonds is 8. The molecule has 0 fully saturated rings. The molecular weight excluding hydrogens is 685 g/mol. The molecule has 266 valence electrons. The number of fused-ring (bicyclic) bond motifs is 3. The number of ether oxygens (including phenoxy) is 1. The highest BCUT2D eigenvalue weighted by molar-refractivity contribution is 5.96. The molecule has 1 aliphatic rings. The molecule has 0 spiro atoms. The van der Waals surface area contributed by atoms with Gasteiger partial charge in [-0.15, -0.1) is 0 Å². The lowest BCUT2D eigenvalue weighted by atomic mass is 10.0. The van der Waals surface area contributed by atoms with E-state index >= 15 is 0 Å². The van der Waals surface area contributed by atoms with Crippen LogP contribution in [0.3, 0.4) is 0 Å². The summed E-state index contributed by atoms with van der Waals surface area (Å²) in [5.74, 6) is 1.51. The third-order valence-corrected chi connectivity index (χ3v) is 10.2. The Morgan fingerprint density at radius 3 is 1.39 bits per heavy atom. The van der Waals surface area contributed by atoms with Crippen molar-refractivity contribution in [1.82, 2.24) is 4.98 Å². The summed E-state index contributed by atoms with van der Waals surface area (Å²) in [6.45, 7) is 0. The van der Waals surface area contributed by atoms with Crippen molar-refractivity contribution in [1.29, 1.82) is 0 Å². The van der Waals surface area contributed by atoms with Gasteiger partial charge in [0.1, 0.15) is 0 Å². The monoisotopic (exact) mass is 720 g/mol. The quantitative estimate of drug-likeness (QED) is 0.156. The van der Waals surface area contributed by atoms with Crippen LogP contribution in [0, 0.1) is 0 Å². The van der Waals surface area contributed by atoms with E-state index in [1.54, 1.807) is 0 Å². The van der Waals surface area contributed by atoms with Crippen LogP contribution in [-0.4, -0.2) is 4.98 Å². The van der Waals surface area contributed by atoms with Crippen molar-refractivity contribution < 1.29 is 4.74 Å². The average Bonchev–Trinajstić information content (AvgIpc) is 3.27. The van der Waals surface area contributed by atoms with Crippen LogP contribution in [-0.2, 0) is 0 Å². The SMILES string of the molecule is c1ccc(N(c2ccccc2)c2ccc3c(c2)Oc2cc(N(c4ccccc4)c4ccccc4)ccc2N3c2cccc(-c3nccc4ccccc34)c2)cc1. The van der Waals surface area contributed by atoms with E-state index in [0.717, 1.165) is 84.7 Å². The standard InChI is InChI=1S/C51H36N4O/c1-5-18-39(19-6-1)53(40-20-7-2-8-21-40)44-28-30-47-49(35-44)56-50-36-45(54(41-22-9-3-10-23-41)42-24-11-4-12-25-42)29-31-48(50)55(47)43-26-15-17-38(34-43)51-46-27-14-13-16-37(46)32-33-52-51/h1-36H. The van der Waals surface area contributed by atoms with E-state index in [4.69, 9.17) is 9.72 Å². The van der Waals surface area contributed by atoms with E-state index in [-0.39, 0.29) is 0 Å². The number of hydrogen-bond donors (Lipinski definition) is 0. The van der Waals surface area contributed by atoms with Crippen molar-refractivity contribution in [2.45, 2.75) is 0 Å². The molecule has 0 atom stereocenters. The van der Waals surface area contributed by atoms with Crippen molar-refractivity contribution in [2.75, 3.05) is 14.7 Å². The van der Waals surface area contributed by atoms with Gasteiger partial charge >= 0.3 is 0 Å². The fourth-order valence-electron chi connectivity index (χ4n) is 7.69. The van der Waals surface area contributed by atoms with E-state index in [0.29, 0.717) is 0 Å². The second-order valence-electron chi connectivity index (χ2n) is 13.7. The number of nitrogens with zero attached hydrogens (tertiary/aromatic N) is 4. The molecule has 0 saturated heterocycles. The summed E-state index contributed by atoms with van der Waals surface area (Å²) in [5, 5.41) is 2.28. The smallest absolute Gasteiger partial charge is 0.153 e. The Balaban J connectivity index is 1.15. The van der Waals surface area contributed by atoms with Gasteiger partial charge in [-0.1, -0.05) is 109 Å². The Kier molecular flexibility index (Phi) is 8.43. The molecule has 5 heteroatoms. The van der Waals surface area contributed by atoms with E-state index in [9.17, 15) is 0 Å². The largest absolute Gasteiger partial charge is 0.453 e. The molecule has 10 rings (SSSR count). The Morgan fingerprint density at radius 2 is 0.875 bits per heavy atom. The van der Waals surface area contributed by atoms with Crippen LogP contribution >= 0.6 is 0 Å². The normalized spacial score (nSPS) is 11.7. The Morgan fingerprint density at radius 1 is 0.393 bits per heavy atom. The second-order valence-corrected chi connectivity index (χ2v) is 13.7. The Bertz CT molecular complexity index is 2580. The van der Waals surface area contributed by atoms with Gasteiger partial charge < -0.3 is 19.4 Å². The van der Waals surface area contributed by atoms with E-state index < -0.39 is 0 Å². The van der Waals surface area contributed by atoms with E-state index in [1.807, 2.05) is 30.5 Å². The topological polar surface area (TPSA) is 31.8 Å². The molecule has 0 aliphatic carbocycles. The van der Waals surface area contributed by atoms with Crippen molar-refractivity contribution in [2.24, 2.45) is 0 Å². The van der Waals surface area contributed by atoms with Gasteiger partial charge in [0.15, 0.2) is 11.5 Å². The summed E-state index contributed by atoms with van der Waals surface area (Å²) < 4.78 is 7.02. The number of para-hydroxylation sites is 4. The van der Waals surface area contributed by atoms with Gasteiger partial charge in [-0.05, 0) is 96.4 Å². The average molecular weight is 721 g/mol. The molecule has 0 radical (unpaired) electrons. The Labute approximate surface area is 326 Å². The third kappa shape index (κ3) is 6.07. The van der Waals surface area contributed by atoms with Crippen molar-refractivity contribution in [3.63, 3.8) is 0 Å². The Hall–Kier alpha value is -7.63. The van der Waals surface area contributed by atoms with E-state index in [1.165, 1.54) is 0 Å². The first-order valence-corrected chi connectivity index (χ1v) is 18.8. The maximum absolute atomic E-state index is 7.02. The van der Waals surface area contributed by atoms with Gasteiger partial charge in [-0.3, -0.25) is 4.98 Å². The number of aromatic nitrogens is 1. The number of benzene rings is 8. The molecule has 0 amide bonds. The van der Waals surface area contributed by atoms with Crippen LogP contribution in [0.2, 0.25) is 0 Å². The second kappa shape index (κ2) is 14.3. The molecule has 1 aromatic heterocycles. The van der Waals surface area contributed by atoms with Gasteiger partial charge in [0.2, 0.25) is 0 Å². The lowest BCUT2D eigenvalue weighted by Crippen LogP contribution is -2.18. The molecule has 1 aliphatic heterocycles. The molecule has 9 aromatic rings. The summed E-state index contributed by atoms with van der Waals surface area (Å²) in [5.41, 5.74) is 11.1. The fourth-order valence-corrected chi connectivity index (χ4v) is 7.69. The summed E-state index contributed by atoms with van der Waals surface area (Å²) in [4.78, 5) is 11.7. The molecule has 0 bridgehead atoms. The zero-order valence-electron chi connectivity index (χ0n) is 30.5. The maximum Gasteiger partial charge on any atom is 0.153 e. The summed E-state index contributed by atoms with van der Waals surface area (Å²) in [6, 6.07) is 74.0. The first-order chi connectivity index (χ1) is 27.8. The van der Waals surface area contributed by atoms with Crippen LogP contribution in [0.4, 0.5) is 51.2 Å². The zero-order valence-corrected chi connectivity index (χ0v) is 30.5. The minimum Gasteiger partial charge on any atom is -0.453 e. The zero-order chi connectivity index (χ0) is 37.3. The summed E-state index contributed by atoms with van der Waals surface area (Å²) in [6.07, 6.45) is 1.89. The first-order valence-electron chi connectivity index (χ1n) is 18.8. The minimum atomic E-state index is 0.753.